The maximum Gasteiger partial charge on any atom is 0.229 e. The van der Waals surface area contributed by atoms with E-state index in [0.29, 0.717) is 12.5 Å². The summed E-state index contributed by atoms with van der Waals surface area (Å²) in [6.45, 7) is 2.78. The number of aryl methyl sites for hydroxylation is 1. The number of rotatable bonds is 3. The lowest BCUT2D eigenvalue weighted by atomic mass is 10.2. The van der Waals surface area contributed by atoms with Gasteiger partial charge < -0.3 is 9.09 Å². The number of aromatic nitrogens is 3. The van der Waals surface area contributed by atoms with Gasteiger partial charge in [0.25, 0.3) is 0 Å². The standard InChI is InChI=1S/C15H15N3O/c1-10-2-3-11-6-7-18(13(11)8-10)9-14-16-15(19-17-14)12-4-5-12/h2-3,6-8,12H,4-5,9H2,1H3. The third-order valence-corrected chi connectivity index (χ3v) is 3.65. The predicted octanol–water partition coefficient (Wildman–Crippen LogP) is 3.26. The van der Waals surface area contributed by atoms with Crippen molar-refractivity contribution in [2.24, 2.45) is 0 Å². The third kappa shape index (κ3) is 1.93. The van der Waals surface area contributed by atoms with E-state index in [4.69, 9.17) is 4.52 Å². The number of hydrogen-bond acceptors (Lipinski definition) is 3. The van der Waals surface area contributed by atoms with Gasteiger partial charge in [-0.15, -0.1) is 0 Å². The van der Waals surface area contributed by atoms with Crippen LogP contribution in [-0.4, -0.2) is 14.7 Å². The van der Waals surface area contributed by atoms with Gasteiger partial charge in [0.2, 0.25) is 5.89 Å². The van der Waals surface area contributed by atoms with Crippen molar-refractivity contribution in [1.82, 2.24) is 14.7 Å². The van der Waals surface area contributed by atoms with Crippen LogP contribution < -0.4 is 0 Å². The lowest BCUT2D eigenvalue weighted by Crippen LogP contribution is -2.00. The van der Waals surface area contributed by atoms with Crippen molar-refractivity contribution < 1.29 is 4.52 Å². The minimum absolute atomic E-state index is 0.518. The Morgan fingerprint density at radius 3 is 3.05 bits per heavy atom. The summed E-state index contributed by atoms with van der Waals surface area (Å²) in [5.74, 6) is 2.09. The fourth-order valence-electron chi connectivity index (χ4n) is 2.41. The van der Waals surface area contributed by atoms with E-state index in [0.717, 1.165) is 11.7 Å². The van der Waals surface area contributed by atoms with Crippen molar-refractivity contribution in [3.8, 4) is 0 Å². The molecule has 4 heteroatoms. The molecule has 1 saturated carbocycles. The normalized spacial score (nSPS) is 15.2. The molecule has 4 rings (SSSR count). The van der Waals surface area contributed by atoms with Crippen LogP contribution in [0.2, 0.25) is 0 Å². The maximum absolute atomic E-state index is 5.30. The SMILES string of the molecule is Cc1ccc2ccn(Cc3noc(C4CC4)n3)c2c1. The zero-order valence-electron chi connectivity index (χ0n) is 10.8. The van der Waals surface area contributed by atoms with Gasteiger partial charge >= 0.3 is 0 Å². The molecule has 1 aliphatic rings. The van der Waals surface area contributed by atoms with E-state index in [2.05, 4.69) is 52.1 Å². The van der Waals surface area contributed by atoms with E-state index in [-0.39, 0.29) is 0 Å². The molecule has 0 bridgehead atoms. The number of benzene rings is 1. The van der Waals surface area contributed by atoms with Crippen LogP contribution in [0.1, 0.15) is 36.0 Å². The van der Waals surface area contributed by atoms with Crippen LogP contribution in [0, 0.1) is 6.92 Å². The smallest absolute Gasteiger partial charge is 0.229 e. The maximum atomic E-state index is 5.30. The van der Waals surface area contributed by atoms with Gasteiger partial charge in [-0.05, 0) is 42.8 Å². The van der Waals surface area contributed by atoms with Crippen molar-refractivity contribution in [2.75, 3.05) is 0 Å². The highest BCUT2D eigenvalue weighted by Gasteiger charge is 2.29. The Morgan fingerprint density at radius 1 is 1.32 bits per heavy atom. The monoisotopic (exact) mass is 253 g/mol. The van der Waals surface area contributed by atoms with Crippen molar-refractivity contribution in [1.29, 1.82) is 0 Å². The third-order valence-electron chi connectivity index (χ3n) is 3.65. The minimum Gasteiger partial charge on any atom is -0.340 e. The van der Waals surface area contributed by atoms with E-state index in [1.165, 1.54) is 29.3 Å². The highest BCUT2D eigenvalue weighted by molar-refractivity contribution is 5.80. The first-order valence-electron chi connectivity index (χ1n) is 6.67. The summed E-state index contributed by atoms with van der Waals surface area (Å²) >= 11 is 0. The predicted molar refractivity (Wildman–Crippen MR) is 72.1 cm³/mol. The van der Waals surface area contributed by atoms with Crippen LogP contribution in [0.3, 0.4) is 0 Å². The molecule has 2 aromatic heterocycles. The molecule has 1 aromatic carbocycles. The molecular formula is C15H15N3O. The summed E-state index contributed by atoms with van der Waals surface area (Å²) in [6.07, 6.45) is 4.46. The highest BCUT2D eigenvalue weighted by atomic mass is 16.5. The van der Waals surface area contributed by atoms with E-state index in [9.17, 15) is 0 Å². The molecular weight excluding hydrogens is 238 g/mol. The molecule has 0 unspecified atom stereocenters. The van der Waals surface area contributed by atoms with Crippen LogP contribution in [0.15, 0.2) is 35.0 Å². The summed E-state index contributed by atoms with van der Waals surface area (Å²) < 4.78 is 7.47. The van der Waals surface area contributed by atoms with Crippen LogP contribution in [-0.2, 0) is 6.54 Å². The second-order valence-electron chi connectivity index (χ2n) is 5.33. The van der Waals surface area contributed by atoms with E-state index >= 15 is 0 Å². The second-order valence-corrected chi connectivity index (χ2v) is 5.33. The van der Waals surface area contributed by atoms with Crippen LogP contribution >= 0.6 is 0 Å². The van der Waals surface area contributed by atoms with Gasteiger partial charge in [0.05, 0.1) is 6.54 Å². The van der Waals surface area contributed by atoms with Gasteiger partial charge in [0, 0.05) is 17.6 Å². The Labute approximate surface area is 111 Å². The molecule has 0 atom stereocenters. The van der Waals surface area contributed by atoms with E-state index in [1.807, 2.05) is 0 Å². The molecule has 4 nitrogen and oxygen atoms in total. The van der Waals surface area contributed by atoms with Crippen molar-refractivity contribution in [3.63, 3.8) is 0 Å². The van der Waals surface area contributed by atoms with Crippen molar-refractivity contribution in [3.05, 3.63) is 47.7 Å². The molecule has 1 fully saturated rings. The summed E-state index contributed by atoms with van der Waals surface area (Å²) in [5, 5.41) is 5.32. The molecule has 0 aliphatic heterocycles. The summed E-state index contributed by atoms with van der Waals surface area (Å²) in [4.78, 5) is 4.48. The fraction of sp³-hybridized carbons (Fsp3) is 0.333. The lowest BCUT2D eigenvalue weighted by molar-refractivity contribution is 0.373. The Hall–Kier alpha value is -2.10. The van der Waals surface area contributed by atoms with Gasteiger partial charge in [-0.3, -0.25) is 0 Å². The molecule has 3 aromatic rings. The molecule has 0 spiro atoms. The molecule has 0 amide bonds. The average molecular weight is 253 g/mol. The number of nitrogens with zero attached hydrogens (tertiary/aromatic N) is 3. The summed E-state index contributed by atoms with van der Waals surface area (Å²) in [5.41, 5.74) is 2.48. The van der Waals surface area contributed by atoms with Gasteiger partial charge in [-0.1, -0.05) is 17.3 Å². The Kier molecular flexibility index (Phi) is 2.24. The molecule has 2 heterocycles. The topological polar surface area (TPSA) is 43.9 Å². The van der Waals surface area contributed by atoms with Gasteiger partial charge in [-0.2, -0.15) is 4.98 Å². The number of hydrogen-bond donors (Lipinski definition) is 0. The largest absolute Gasteiger partial charge is 0.340 e. The zero-order chi connectivity index (χ0) is 12.8. The molecule has 0 radical (unpaired) electrons. The summed E-state index contributed by atoms with van der Waals surface area (Å²) in [6, 6.07) is 8.59. The second kappa shape index (κ2) is 3.95. The summed E-state index contributed by atoms with van der Waals surface area (Å²) in [7, 11) is 0. The molecule has 1 aliphatic carbocycles. The van der Waals surface area contributed by atoms with Crippen molar-refractivity contribution >= 4 is 10.9 Å². The Morgan fingerprint density at radius 2 is 2.21 bits per heavy atom. The first-order valence-corrected chi connectivity index (χ1v) is 6.67. The van der Waals surface area contributed by atoms with Gasteiger partial charge in [0.1, 0.15) is 0 Å². The minimum atomic E-state index is 0.518. The van der Waals surface area contributed by atoms with E-state index < -0.39 is 0 Å². The van der Waals surface area contributed by atoms with Gasteiger partial charge in [-0.25, -0.2) is 0 Å². The molecule has 96 valence electrons. The Bertz CT molecular complexity index is 737. The number of fused-ring (bicyclic) bond motifs is 1. The van der Waals surface area contributed by atoms with Crippen LogP contribution in [0.5, 0.6) is 0 Å². The molecule has 0 N–H and O–H groups in total. The highest BCUT2D eigenvalue weighted by Crippen LogP contribution is 2.38. The lowest BCUT2D eigenvalue weighted by Gasteiger charge is -2.02. The first kappa shape index (κ1) is 10.8. The molecule has 19 heavy (non-hydrogen) atoms. The zero-order valence-corrected chi connectivity index (χ0v) is 10.8. The van der Waals surface area contributed by atoms with E-state index in [1.54, 1.807) is 0 Å². The first-order chi connectivity index (χ1) is 9.29. The van der Waals surface area contributed by atoms with Crippen LogP contribution in [0.4, 0.5) is 0 Å². The van der Waals surface area contributed by atoms with Crippen molar-refractivity contribution in [2.45, 2.75) is 32.2 Å². The van der Waals surface area contributed by atoms with Gasteiger partial charge in [0.15, 0.2) is 5.82 Å². The van der Waals surface area contributed by atoms with Crippen LogP contribution in [0.25, 0.3) is 10.9 Å². The fourth-order valence-corrected chi connectivity index (χ4v) is 2.41. The quantitative estimate of drug-likeness (QED) is 0.719. The molecule has 0 saturated heterocycles. The Balaban J connectivity index is 1.67. The average Bonchev–Trinajstić information content (AvgIpc) is 3.04.